The molecule has 5 nitrogen and oxygen atoms in total. The first-order chi connectivity index (χ1) is 6.16. The van der Waals surface area contributed by atoms with Crippen LogP contribution in [-0.2, 0) is 9.59 Å². The average molecular weight is 205 g/mol. The molecule has 1 aliphatic heterocycles. The summed E-state index contributed by atoms with van der Waals surface area (Å²) in [4.78, 5) is 33.8. The number of nitrogens with zero attached hydrogens (tertiary/aromatic N) is 1. The van der Waals surface area contributed by atoms with Crippen molar-refractivity contribution in [2.24, 2.45) is 0 Å². The van der Waals surface area contributed by atoms with Gasteiger partial charge in [0, 0.05) is 25.3 Å². The maximum atomic E-state index is 11.1. The molecule has 1 saturated heterocycles. The van der Waals surface area contributed by atoms with Crippen LogP contribution in [-0.4, -0.2) is 35.2 Å². The predicted molar refractivity (Wildman–Crippen MR) is 45.2 cm³/mol. The van der Waals surface area contributed by atoms with Gasteiger partial charge in [-0.15, -0.1) is 11.6 Å². The number of hydrogen-bond donors (Lipinski definition) is 1. The Morgan fingerprint density at radius 3 is 2.38 bits per heavy atom. The molecule has 1 N–H and O–H groups in total. The first kappa shape index (κ1) is 9.98. The molecule has 1 aliphatic rings. The Labute approximate surface area is 80.0 Å². The molecule has 72 valence electrons. The lowest BCUT2D eigenvalue weighted by Gasteiger charge is -2.11. The van der Waals surface area contributed by atoms with E-state index in [0.29, 0.717) is 4.90 Å². The highest BCUT2D eigenvalue weighted by Crippen LogP contribution is 2.11. The summed E-state index contributed by atoms with van der Waals surface area (Å²) in [6.45, 7) is 0.247. The Bertz CT molecular complexity index is 238. The number of amides is 4. The van der Waals surface area contributed by atoms with Crippen LogP contribution in [0.3, 0.4) is 0 Å². The lowest BCUT2D eigenvalue weighted by atomic mass is 10.4. The second-order valence-corrected chi connectivity index (χ2v) is 2.92. The summed E-state index contributed by atoms with van der Waals surface area (Å²) in [6.07, 6.45) is 0.236. The van der Waals surface area contributed by atoms with E-state index in [-0.39, 0.29) is 25.3 Å². The van der Waals surface area contributed by atoms with Crippen molar-refractivity contribution < 1.29 is 14.4 Å². The topological polar surface area (TPSA) is 66.5 Å². The van der Waals surface area contributed by atoms with E-state index in [0.717, 1.165) is 0 Å². The van der Waals surface area contributed by atoms with E-state index >= 15 is 0 Å². The molecule has 0 unspecified atom stereocenters. The number of likely N-dealkylation sites (tertiary alicyclic amines) is 1. The minimum atomic E-state index is -0.673. The van der Waals surface area contributed by atoms with Gasteiger partial charge >= 0.3 is 6.03 Å². The molecule has 0 aromatic carbocycles. The molecule has 0 aromatic heterocycles. The van der Waals surface area contributed by atoms with Gasteiger partial charge in [-0.05, 0) is 0 Å². The molecule has 0 bridgehead atoms. The van der Waals surface area contributed by atoms with Crippen molar-refractivity contribution >= 4 is 29.4 Å². The SMILES string of the molecule is O=C1CCC(=O)N1C(=O)NCCCl. The van der Waals surface area contributed by atoms with Crippen LogP contribution in [0.2, 0.25) is 0 Å². The normalized spacial score (nSPS) is 16.5. The highest BCUT2D eigenvalue weighted by molar-refractivity contribution is 6.18. The molecule has 6 heteroatoms. The highest BCUT2D eigenvalue weighted by Gasteiger charge is 2.33. The Hall–Kier alpha value is -1.10. The standard InChI is InChI=1S/C7H9ClN2O3/c8-3-4-9-7(13)10-5(11)1-2-6(10)12/h1-4H2,(H,9,13). The van der Waals surface area contributed by atoms with Gasteiger partial charge in [0.15, 0.2) is 0 Å². The fourth-order valence-corrected chi connectivity index (χ4v) is 1.13. The number of carbonyl (C=O) groups is 3. The smallest absolute Gasteiger partial charge is 0.331 e. The zero-order chi connectivity index (χ0) is 9.84. The molecule has 1 heterocycles. The van der Waals surface area contributed by atoms with E-state index in [4.69, 9.17) is 11.6 Å². The van der Waals surface area contributed by atoms with Crippen molar-refractivity contribution in [1.29, 1.82) is 0 Å². The van der Waals surface area contributed by atoms with Crippen LogP contribution >= 0.6 is 11.6 Å². The molecule has 4 amide bonds. The molecule has 0 radical (unpaired) electrons. The molecule has 13 heavy (non-hydrogen) atoms. The summed E-state index contributed by atoms with van der Waals surface area (Å²) in [7, 11) is 0. The van der Waals surface area contributed by atoms with E-state index in [1.807, 2.05) is 0 Å². The molecule has 0 aliphatic carbocycles. The maximum absolute atomic E-state index is 11.1. The van der Waals surface area contributed by atoms with Crippen molar-refractivity contribution in [3.05, 3.63) is 0 Å². The van der Waals surface area contributed by atoms with Gasteiger partial charge in [-0.2, -0.15) is 0 Å². The number of hydrogen-bond acceptors (Lipinski definition) is 3. The summed E-state index contributed by atoms with van der Waals surface area (Å²) >= 11 is 5.32. The van der Waals surface area contributed by atoms with Gasteiger partial charge in [0.1, 0.15) is 0 Å². The monoisotopic (exact) mass is 204 g/mol. The van der Waals surface area contributed by atoms with Crippen molar-refractivity contribution in [2.75, 3.05) is 12.4 Å². The van der Waals surface area contributed by atoms with E-state index in [9.17, 15) is 14.4 Å². The number of urea groups is 1. The third-order valence-electron chi connectivity index (χ3n) is 1.63. The largest absolute Gasteiger partial charge is 0.336 e. The quantitative estimate of drug-likeness (QED) is 0.512. The first-order valence-corrected chi connectivity index (χ1v) is 4.40. The van der Waals surface area contributed by atoms with Gasteiger partial charge in [-0.3, -0.25) is 9.59 Å². The fourth-order valence-electron chi connectivity index (χ4n) is 1.04. The van der Waals surface area contributed by atoms with Crippen LogP contribution < -0.4 is 5.32 Å². The first-order valence-electron chi connectivity index (χ1n) is 3.86. The number of imide groups is 3. The number of halogens is 1. The van der Waals surface area contributed by atoms with E-state index in [1.54, 1.807) is 0 Å². The van der Waals surface area contributed by atoms with Crippen LogP contribution in [0, 0.1) is 0 Å². The molecule has 1 fully saturated rings. The molecule has 0 spiro atoms. The van der Waals surface area contributed by atoms with Crippen molar-refractivity contribution in [3.63, 3.8) is 0 Å². The van der Waals surface area contributed by atoms with Gasteiger partial charge < -0.3 is 5.32 Å². The van der Waals surface area contributed by atoms with Crippen LogP contribution in [0.5, 0.6) is 0 Å². The minimum absolute atomic E-state index is 0.118. The van der Waals surface area contributed by atoms with Crippen LogP contribution in [0.15, 0.2) is 0 Å². The lowest BCUT2D eigenvalue weighted by molar-refractivity contribution is -0.134. The van der Waals surface area contributed by atoms with Crippen LogP contribution in [0.1, 0.15) is 12.8 Å². The van der Waals surface area contributed by atoms with Crippen LogP contribution in [0.25, 0.3) is 0 Å². The van der Waals surface area contributed by atoms with Gasteiger partial charge in [-0.1, -0.05) is 0 Å². The molecular formula is C7H9ClN2O3. The molecule has 1 rings (SSSR count). The van der Waals surface area contributed by atoms with E-state index in [2.05, 4.69) is 5.32 Å². The Morgan fingerprint density at radius 1 is 1.38 bits per heavy atom. The number of carbonyl (C=O) groups excluding carboxylic acids is 3. The Morgan fingerprint density at radius 2 is 1.92 bits per heavy atom. The maximum Gasteiger partial charge on any atom is 0.331 e. The zero-order valence-electron chi connectivity index (χ0n) is 6.88. The molecule has 0 atom stereocenters. The highest BCUT2D eigenvalue weighted by atomic mass is 35.5. The number of alkyl halides is 1. The van der Waals surface area contributed by atoms with Gasteiger partial charge in [0.2, 0.25) is 11.8 Å². The third-order valence-corrected chi connectivity index (χ3v) is 1.81. The van der Waals surface area contributed by atoms with Crippen molar-refractivity contribution in [2.45, 2.75) is 12.8 Å². The molecule has 0 saturated carbocycles. The minimum Gasteiger partial charge on any atom is -0.336 e. The van der Waals surface area contributed by atoms with E-state index in [1.165, 1.54) is 0 Å². The molecular weight excluding hydrogens is 196 g/mol. The van der Waals surface area contributed by atoms with Crippen molar-refractivity contribution in [3.8, 4) is 0 Å². The third kappa shape index (κ3) is 2.18. The Kier molecular flexibility index (Phi) is 3.25. The van der Waals surface area contributed by atoms with Gasteiger partial charge in [0.05, 0.1) is 0 Å². The summed E-state index contributed by atoms with van der Waals surface area (Å²) in [5.74, 6) is -0.642. The average Bonchev–Trinajstić information content (AvgIpc) is 2.42. The second kappa shape index (κ2) is 4.23. The molecule has 0 aromatic rings. The number of nitrogens with one attached hydrogen (secondary N) is 1. The summed E-state index contributed by atoms with van der Waals surface area (Å²) in [5, 5.41) is 2.35. The van der Waals surface area contributed by atoms with Gasteiger partial charge in [0.25, 0.3) is 0 Å². The van der Waals surface area contributed by atoms with E-state index < -0.39 is 17.8 Å². The fraction of sp³-hybridized carbons (Fsp3) is 0.571. The predicted octanol–water partition coefficient (Wildman–Crippen LogP) is 0.0838. The summed E-state index contributed by atoms with van der Waals surface area (Å²) in [5.41, 5.74) is 0. The second-order valence-electron chi connectivity index (χ2n) is 2.54. The summed E-state index contributed by atoms with van der Waals surface area (Å²) in [6, 6.07) is -0.673. The Balaban J connectivity index is 2.54. The number of rotatable bonds is 2. The van der Waals surface area contributed by atoms with Crippen molar-refractivity contribution in [1.82, 2.24) is 10.2 Å². The van der Waals surface area contributed by atoms with Gasteiger partial charge in [-0.25, -0.2) is 9.69 Å². The summed E-state index contributed by atoms with van der Waals surface area (Å²) < 4.78 is 0. The lowest BCUT2D eigenvalue weighted by Crippen LogP contribution is -2.43. The van der Waals surface area contributed by atoms with Crippen LogP contribution in [0.4, 0.5) is 4.79 Å². The zero-order valence-corrected chi connectivity index (χ0v) is 7.63.